The molecule has 0 spiro atoms. The first-order chi connectivity index (χ1) is 12.0. The number of halogens is 1. The van der Waals surface area contributed by atoms with Gasteiger partial charge in [0, 0.05) is 27.6 Å². The van der Waals surface area contributed by atoms with Crippen molar-refractivity contribution in [2.45, 2.75) is 13.5 Å². The van der Waals surface area contributed by atoms with Gasteiger partial charge >= 0.3 is 11.6 Å². The highest BCUT2D eigenvalue weighted by Gasteiger charge is 2.08. The first-order valence-electron chi connectivity index (χ1n) is 7.59. The molecule has 128 valence electrons. The van der Waals surface area contributed by atoms with Crippen molar-refractivity contribution >= 4 is 32.9 Å². The van der Waals surface area contributed by atoms with Gasteiger partial charge in [0.15, 0.2) is 6.61 Å². The van der Waals surface area contributed by atoms with Crippen LogP contribution in [0.3, 0.4) is 0 Å². The predicted molar refractivity (Wildman–Crippen MR) is 96.7 cm³/mol. The molecule has 6 heteroatoms. The molecule has 0 aliphatic heterocycles. The van der Waals surface area contributed by atoms with Crippen molar-refractivity contribution in [1.29, 1.82) is 0 Å². The largest absolute Gasteiger partial charge is 0.482 e. The van der Waals surface area contributed by atoms with Gasteiger partial charge in [-0.05, 0) is 30.7 Å². The van der Waals surface area contributed by atoms with E-state index in [1.807, 2.05) is 31.2 Å². The van der Waals surface area contributed by atoms with Crippen molar-refractivity contribution in [3.8, 4) is 5.75 Å². The standard InChI is InChI=1S/C19H15BrO5/c1-12-8-18(21)25-17-9-14(6-7-15(12)17)23-11-19(22)24-10-13-4-2-3-5-16(13)20/h2-9H,10-11H2,1H3. The molecule has 0 aliphatic rings. The zero-order chi connectivity index (χ0) is 17.8. The first kappa shape index (κ1) is 17.2. The zero-order valence-electron chi connectivity index (χ0n) is 13.5. The van der Waals surface area contributed by atoms with Gasteiger partial charge in [0.2, 0.25) is 0 Å². The number of hydrogen-bond acceptors (Lipinski definition) is 5. The summed E-state index contributed by atoms with van der Waals surface area (Å²) in [5, 5.41) is 0.823. The second-order valence-electron chi connectivity index (χ2n) is 5.45. The molecule has 1 aromatic heterocycles. The highest BCUT2D eigenvalue weighted by atomic mass is 79.9. The Balaban J connectivity index is 1.61. The number of carbonyl (C=O) groups is 1. The Morgan fingerprint density at radius 3 is 2.76 bits per heavy atom. The summed E-state index contributed by atoms with van der Waals surface area (Å²) in [5.74, 6) is -0.0550. The minimum absolute atomic E-state index is 0.162. The fraction of sp³-hybridized carbons (Fsp3) is 0.158. The van der Waals surface area contributed by atoms with Gasteiger partial charge in [0.05, 0.1) is 0 Å². The molecule has 0 unspecified atom stereocenters. The summed E-state index contributed by atoms with van der Waals surface area (Å²) in [7, 11) is 0. The van der Waals surface area contributed by atoms with E-state index >= 15 is 0 Å². The molecule has 0 radical (unpaired) electrons. The number of rotatable bonds is 5. The summed E-state index contributed by atoms with van der Waals surface area (Å²) in [4.78, 5) is 23.3. The third kappa shape index (κ3) is 4.28. The average molecular weight is 403 g/mol. The molecule has 0 saturated heterocycles. The zero-order valence-corrected chi connectivity index (χ0v) is 15.0. The fourth-order valence-corrected chi connectivity index (χ4v) is 2.75. The number of fused-ring (bicyclic) bond motifs is 1. The van der Waals surface area contributed by atoms with E-state index in [1.165, 1.54) is 6.07 Å². The van der Waals surface area contributed by atoms with Gasteiger partial charge in [0.1, 0.15) is 17.9 Å². The molecule has 5 nitrogen and oxygen atoms in total. The Morgan fingerprint density at radius 2 is 1.96 bits per heavy atom. The van der Waals surface area contributed by atoms with Crippen LogP contribution in [-0.2, 0) is 16.1 Å². The second-order valence-corrected chi connectivity index (χ2v) is 6.30. The topological polar surface area (TPSA) is 65.7 Å². The second kappa shape index (κ2) is 7.53. The molecule has 0 N–H and O–H groups in total. The quantitative estimate of drug-likeness (QED) is 0.476. The maximum Gasteiger partial charge on any atom is 0.344 e. The van der Waals surface area contributed by atoms with Crippen molar-refractivity contribution in [3.63, 3.8) is 0 Å². The number of benzene rings is 2. The maximum atomic E-state index is 11.8. The molecule has 0 bridgehead atoms. The molecular weight excluding hydrogens is 388 g/mol. The van der Waals surface area contributed by atoms with Crippen LogP contribution >= 0.6 is 15.9 Å². The minimum atomic E-state index is -0.485. The summed E-state index contributed by atoms with van der Waals surface area (Å²) in [6.45, 7) is 1.76. The van der Waals surface area contributed by atoms with E-state index < -0.39 is 11.6 Å². The van der Waals surface area contributed by atoms with Crippen LogP contribution in [0.15, 0.2) is 62.2 Å². The Labute approximate surface area is 152 Å². The lowest BCUT2D eigenvalue weighted by Gasteiger charge is -2.09. The highest BCUT2D eigenvalue weighted by Crippen LogP contribution is 2.22. The van der Waals surface area contributed by atoms with Crippen LogP contribution in [0.1, 0.15) is 11.1 Å². The third-order valence-corrected chi connectivity index (χ3v) is 4.40. The van der Waals surface area contributed by atoms with E-state index in [0.717, 1.165) is 21.0 Å². The van der Waals surface area contributed by atoms with Crippen molar-refractivity contribution in [1.82, 2.24) is 0 Å². The van der Waals surface area contributed by atoms with E-state index in [0.29, 0.717) is 11.3 Å². The van der Waals surface area contributed by atoms with E-state index in [9.17, 15) is 9.59 Å². The molecule has 0 atom stereocenters. The molecular formula is C19H15BrO5. The van der Waals surface area contributed by atoms with Gasteiger partial charge < -0.3 is 13.9 Å². The van der Waals surface area contributed by atoms with E-state index in [1.54, 1.807) is 18.2 Å². The van der Waals surface area contributed by atoms with Crippen LogP contribution in [0.5, 0.6) is 5.75 Å². The van der Waals surface area contributed by atoms with Crippen LogP contribution in [-0.4, -0.2) is 12.6 Å². The third-order valence-electron chi connectivity index (χ3n) is 3.63. The van der Waals surface area contributed by atoms with E-state index in [-0.39, 0.29) is 13.2 Å². The lowest BCUT2D eigenvalue weighted by Crippen LogP contribution is -2.14. The Bertz CT molecular complexity index is 977. The van der Waals surface area contributed by atoms with Crippen molar-refractivity contribution in [2.75, 3.05) is 6.61 Å². The van der Waals surface area contributed by atoms with E-state index in [2.05, 4.69) is 15.9 Å². The summed E-state index contributed by atoms with van der Waals surface area (Å²) in [6, 6.07) is 14.0. The first-order valence-corrected chi connectivity index (χ1v) is 8.38. The van der Waals surface area contributed by atoms with Gasteiger partial charge in [-0.1, -0.05) is 34.1 Å². The van der Waals surface area contributed by atoms with Crippen LogP contribution in [0, 0.1) is 6.92 Å². The number of aryl methyl sites for hydroxylation is 1. The van der Waals surface area contributed by atoms with Gasteiger partial charge in [-0.2, -0.15) is 0 Å². The van der Waals surface area contributed by atoms with E-state index in [4.69, 9.17) is 13.9 Å². The summed E-state index contributed by atoms with van der Waals surface area (Å²) >= 11 is 3.40. The number of ether oxygens (including phenoxy) is 2. The molecule has 0 aliphatic carbocycles. The molecule has 0 fully saturated rings. The summed E-state index contributed by atoms with van der Waals surface area (Å²) in [5.41, 5.74) is 1.70. The lowest BCUT2D eigenvalue weighted by molar-refractivity contribution is -0.147. The maximum absolute atomic E-state index is 11.8. The molecule has 25 heavy (non-hydrogen) atoms. The van der Waals surface area contributed by atoms with Gasteiger partial charge in [-0.3, -0.25) is 0 Å². The fourth-order valence-electron chi connectivity index (χ4n) is 2.35. The van der Waals surface area contributed by atoms with Crippen LogP contribution in [0.4, 0.5) is 0 Å². The Hall–Kier alpha value is -2.60. The highest BCUT2D eigenvalue weighted by molar-refractivity contribution is 9.10. The molecule has 1 heterocycles. The Kier molecular flexibility index (Phi) is 5.19. The normalized spacial score (nSPS) is 10.6. The lowest BCUT2D eigenvalue weighted by atomic mass is 10.1. The smallest absolute Gasteiger partial charge is 0.344 e. The summed E-state index contributed by atoms with van der Waals surface area (Å²) < 4.78 is 16.6. The van der Waals surface area contributed by atoms with Crippen LogP contribution in [0.25, 0.3) is 11.0 Å². The molecule has 3 rings (SSSR count). The van der Waals surface area contributed by atoms with Crippen LogP contribution < -0.4 is 10.4 Å². The van der Waals surface area contributed by atoms with Crippen molar-refractivity contribution in [2.24, 2.45) is 0 Å². The Morgan fingerprint density at radius 1 is 1.16 bits per heavy atom. The summed E-state index contributed by atoms with van der Waals surface area (Å²) in [6.07, 6.45) is 0. The minimum Gasteiger partial charge on any atom is -0.482 e. The monoisotopic (exact) mass is 402 g/mol. The van der Waals surface area contributed by atoms with Gasteiger partial charge in [-0.25, -0.2) is 9.59 Å². The number of carbonyl (C=O) groups excluding carboxylic acids is 1. The van der Waals surface area contributed by atoms with Gasteiger partial charge in [-0.15, -0.1) is 0 Å². The number of hydrogen-bond donors (Lipinski definition) is 0. The number of esters is 1. The van der Waals surface area contributed by atoms with Crippen molar-refractivity contribution in [3.05, 3.63) is 74.6 Å². The average Bonchev–Trinajstić information content (AvgIpc) is 2.58. The van der Waals surface area contributed by atoms with Crippen molar-refractivity contribution < 1.29 is 18.7 Å². The van der Waals surface area contributed by atoms with Crippen LogP contribution in [0.2, 0.25) is 0 Å². The molecule has 3 aromatic rings. The molecule has 2 aromatic carbocycles. The SMILES string of the molecule is Cc1cc(=O)oc2cc(OCC(=O)OCc3ccccc3Br)ccc12. The predicted octanol–water partition coefficient (Wildman–Crippen LogP) is 3.99. The van der Waals surface area contributed by atoms with Gasteiger partial charge in [0.25, 0.3) is 0 Å². The molecule has 0 amide bonds. The molecule has 0 saturated carbocycles.